The summed E-state index contributed by atoms with van der Waals surface area (Å²) in [5.74, 6) is 2.09. The lowest BCUT2D eigenvalue weighted by molar-refractivity contribution is 0.413. The Balaban J connectivity index is 1.74. The quantitative estimate of drug-likeness (QED) is 0.892. The third-order valence-electron chi connectivity index (χ3n) is 4.03. The second-order valence-electron chi connectivity index (χ2n) is 5.39. The van der Waals surface area contributed by atoms with Crippen molar-refractivity contribution in [2.75, 3.05) is 12.9 Å². The average molecular weight is 299 g/mol. The number of nitrogens with one attached hydrogen (secondary N) is 1. The van der Waals surface area contributed by atoms with E-state index >= 15 is 0 Å². The standard InChI is InChI=1S/C18H21NOS/c1-13(14-7-9-15(20-2)10-8-14)19-17-11-12-21-18-6-4-3-5-16(17)18/h3-10,13,17,19H,11-12H2,1-2H3/t13-,17?/m0/s1. The molecule has 1 N–H and O–H groups in total. The first-order valence-electron chi connectivity index (χ1n) is 7.39. The number of hydrogen-bond donors (Lipinski definition) is 1. The van der Waals surface area contributed by atoms with Crippen molar-refractivity contribution in [2.24, 2.45) is 0 Å². The molecule has 0 bridgehead atoms. The molecule has 1 heterocycles. The Morgan fingerprint density at radius 2 is 1.90 bits per heavy atom. The van der Waals surface area contributed by atoms with Crippen LogP contribution in [0.2, 0.25) is 0 Å². The molecule has 0 saturated heterocycles. The van der Waals surface area contributed by atoms with Crippen LogP contribution in [0.1, 0.15) is 36.6 Å². The van der Waals surface area contributed by atoms with Gasteiger partial charge in [-0.15, -0.1) is 11.8 Å². The van der Waals surface area contributed by atoms with Crippen LogP contribution < -0.4 is 10.1 Å². The van der Waals surface area contributed by atoms with Crippen LogP contribution in [0.15, 0.2) is 53.4 Å². The predicted octanol–water partition coefficient (Wildman–Crippen LogP) is 4.58. The molecule has 3 heteroatoms. The first-order chi connectivity index (χ1) is 10.3. The molecular weight excluding hydrogens is 278 g/mol. The molecule has 3 rings (SSSR count). The third-order valence-corrected chi connectivity index (χ3v) is 5.15. The number of thioether (sulfide) groups is 1. The Morgan fingerprint density at radius 3 is 2.67 bits per heavy atom. The number of rotatable bonds is 4. The number of fused-ring (bicyclic) bond motifs is 1. The molecule has 1 unspecified atom stereocenters. The van der Waals surface area contributed by atoms with Crippen LogP contribution in [0.3, 0.4) is 0 Å². The topological polar surface area (TPSA) is 21.3 Å². The largest absolute Gasteiger partial charge is 0.497 e. The molecule has 0 aliphatic carbocycles. The van der Waals surface area contributed by atoms with Gasteiger partial charge in [0.1, 0.15) is 5.75 Å². The molecule has 2 aromatic rings. The van der Waals surface area contributed by atoms with E-state index in [1.165, 1.54) is 28.2 Å². The summed E-state index contributed by atoms with van der Waals surface area (Å²) in [5.41, 5.74) is 2.74. The molecular formula is C18H21NOS. The van der Waals surface area contributed by atoms with Gasteiger partial charge in [0.15, 0.2) is 0 Å². The Kier molecular flexibility index (Phi) is 4.51. The molecule has 1 aliphatic heterocycles. The van der Waals surface area contributed by atoms with E-state index in [0.717, 1.165) is 5.75 Å². The minimum Gasteiger partial charge on any atom is -0.497 e. The van der Waals surface area contributed by atoms with Crippen molar-refractivity contribution in [3.8, 4) is 5.75 Å². The highest BCUT2D eigenvalue weighted by Gasteiger charge is 2.21. The van der Waals surface area contributed by atoms with Gasteiger partial charge >= 0.3 is 0 Å². The zero-order valence-corrected chi connectivity index (χ0v) is 13.3. The lowest BCUT2D eigenvalue weighted by Gasteiger charge is -2.29. The van der Waals surface area contributed by atoms with Gasteiger partial charge in [-0.3, -0.25) is 0 Å². The van der Waals surface area contributed by atoms with Gasteiger partial charge in [0, 0.05) is 17.0 Å². The van der Waals surface area contributed by atoms with Gasteiger partial charge in [0.25, 0.3) is 0 Å². The maximum absolute atomic E-state index is 5.22. The number of methoxy groups -OCH3 is 1. The SMILES string of the molecule is COc1ccc([C@H](C)NC2CCSc3ccccc32)cc1. The summed E-state index contributed by atoms with van der Waals surface area (Å²) in [6.07, 6.45) is 1.18. The van der Waals surface area contributed by atoms with Gasteiger partial charge in [0.05, 0.1) is 7.11 Å². The maximum Gasteiger partial charge on any atom is 0.118 e. The maximum atomic E-state index is 5.22. The van der Waals surface area contributed by atoms with Crippen LogP contribution in [0.5, 0.6) is 5.75 Å². The van der Waals surface area contributed by atoms with Gasteiger partial charge in [-0.05, 0) is 48.4 Å². The molecule has 0 spiro atoms. The van der Waals surface area contributed by atoms with Crippen LogP contribution in [-0.2, 0) is 0 Å². The van der Waals surface area contributed by atoms with Crippen LogP contribution in [0.25, 0.3) is 0 Å². The summed E-state index contributed by atoms with van der Waals surface area (Å²) in [5, 5.41) is 3.77. The molecule has 0 saturated carbocycles. The van der Waals surface area contributed by atoms with Crippen molar-refractivity contribution in [3.05, 3.63) is 59.7 Å². The van der Waals surface area contributed by atoms with Crippen LogP contribution in [-0.4, -0.2) is 12.9 Å². The number of hydrogen-bond acceptors (Lipinski definition) is 3. The fourth-order valence-electron chi connectivity index (χ4n) is 2.81. The number of benzene rings is 2. The first kappa shape index (κ1) is 14.5. The Bertz CT molecular complexity index is 596. The lowest BCUT2D eigenvalue weighted by atomic mass is 10.0. The van der Waals surface area contributed by atoms with E-state index in [1.54, 1.807) is 7.11 Å². The predicted molar refractivity (Wildman–Crippen MR) is 89.1 cm³/mol. The minimum atomic E-state index is 0.331. The summed E-state index contributed by atoms with van der Waals surface area (Å²) in [7, 11) is 1.70. The average Bonchev–Trinajstić information content (AvgIpc) is 2.55. The fraction of sp³-hybridized carbons (Fsp3) is 0.333. The molecule has 0 amide bonds. The van der Waals surface area contributed by atoms with Crippen LogP contribution in [0, 0.1) is 0 Å². The molecule has 2 nitrogen and oxygen atoms in total. The van der Waals surface area contributed by atoms with Crippen molar-refractivity contribution in [1.82, 2.24) is 5.32 Å². The molecule has 0 radical (unpaired) electrons. The van der Waals surface area contributed by atoms with E-state index in [4.69, 9.17) is 4.74 Å². The fourth-order valence-corrected chi connectivity index (χ4v) is 3.93. The minimum absolute atomic E-state index is 0.331. The summed E-state index contributed by atoms with van der Waals surface area (Å²) >= 11 is 1.96. The van der Waals surface area contributed by atoms with Gasteiger partial charge < -0.3 is 10.1 Å². The smallest absolute Gasteiger partial charge is 0.118 e. The summed E-state index contributed by atoms with van der Waals surface area (Å²) in [6.45, 7) is 2.23. The molecule has 2 aromatic carbocycles. The van der Waals surface area contributed by atoms with Crippen molar-refractivity contribution >= 4 is 11.8 Å². The molecule has 1 aliphatic rings. The van der Waals surface area contributed by atoms with Gasteiger partial charge in [0.2, 0.25) is 0 Å². The highest BCUT2D eigenvalue weighted by Crippen LogP contribution is 2.37. The monoisotopic (exact) mass is 299 g/mol. The van der Waals surface area contributed by atoms with E-state index in [9.17, 15) is 0 Å². The highest BCUT2D eigenvalue weighted by molar-refractivity contribution is 7.99. The third kappa shape index (κ3) is 3.25. The van der Waals surface area contributed by atoms with Crippen LogP contribution >= 0.6 is 11.8 Å². The second-order valence-corrected chi connectivity index (χ2v) is 6.53. The van der Waals surface area contributed by atoms with Crippen molar-refractivity contribution in [1.29, 1.82) is 0 Å². The van der Waals surface area contributed by atoms with Gasteiger partial charge in [-0.1, -0.05) is 30.3 Å². The molecule has 0 fully saturated rings. The summed E-state index contributed by atoms with van der Waals surface area (Å²) in [6, 6.07) is 17.8. The normalized spacial score (nSPS) is 18.9. The van der Waals surface area contributed by atoms with Crippen molar-refractivity contribution in [3.63, 3.8) is 0 Å². The Morgan fingerprint density at radius 1 is 1.14 bits per heavy atom. The van der Waals surface area contributed by atoms with E-state index < -0.39 is 0 Å². The summed E-state index contributed by atoms with van der Waals surface area (Å²) < 4.78 is 5.22. The molecule has 21 heavy (non-hydrogen) atoms. The molecule has 110 valence electrons. The zero-order chi connectivity index (χ0) is 14.7. The van der Waals surface area contributed by atoms with Crippen LogP contribution in [0.4, 0.5) is 0 Å². The lowest BCUT2D eigenvalue weighted by Crippen LogP contribution is -2.27. The van der Waals surface area contributed by atoms with Crippen molar-refractivity contribution < 1.29 is 4.74 Å². The Labute approximate surface area is 130 Å². The van der Waals surface area contributed by atoms with E-state index in [1.807, 2.05) is 23.9 Å². The summed E-state index contributed by atoms with van der Waals surface area (Å²) in [4.78, 5) is 1.42. The van der Waals surface area contributed by atoms with E-state index in [0.29, 0.717) is 12.1 Å². The first-order valence-corrected chi connectivity index (χ1v) is 8.38. The van der Waals surface area contributed by atoms with E-state index in [2.05, 4.69) is 48.6 Å². The van der Waals surface area contributed by atoms with Gasteiger partial charge in [-0.2, -0.15) is 0 Å². The molecule has 2 atom stereocenters. The van der Waals surface area contributed by atoms with E-state index in [-0.39, 0.29) is 0 Å². The van der Waals surface area contributed by atoms with Crippen molar-refractivity contribution in [2.45, 2.75) is 30.3 Å². The highest BCUT2D eigenvalue weighted by atomic mass is 32.2. The Hall–Kier alpha value is -1.45. The number of ether oxygens (including phenoxy) is 1. The second kappa shape index (κ2) is 6.54. The zero-order valence-electron chi connectivity index (χ0n) is 12.5. The molecule has 0 aromatic heterocycles. The van der Waals surface area contributed by atoms with Gasteiger partial charge in [-0.25, -0.2) is 0 Å².